The third-order valence-electron chi connectivity index (χ3n) is 5.55. The molecule has 0 spiro atoms. The molecule has 0 unspecified atom stereocenters. The summed E-state index contributed by atoms with van der Waals surface area (Å²) in [5.41, 5.74) is 4.74. The van der Waals surface area contributed by atoms with Crippen molar-refractivity contribution in [2.24, 2.45) is 5.92 Å². The number of para-hydroxylation sites is 2. The maximum atomic E-state index is 12.8. The molecule has 2 aromatic carbocycles. The summed E-state index contributed by atoms with van der Waals surface area (Å²) in [6.07, 6.45) is 5.63. The van der Waals surface area contributed by atoms with Crippen LogP contribution in [0.1, 0.15) is 23.2 Å². The predicted octanol–water partition coefficient (Wildman–Crippen LogP) is 3.47. The number of hydrogen-bond donors (Lipinski definition) is 1. The first-order valence-electron chi connectivity index (χ1n) is 9.40. The van der Waals surface area contributed by atoms with E-state index in [1.165, 1.54) is 5.52 Å². The van der Waals surface area contributed by atoms with Crippen LogP contribution in [0.5, 0.6) is 0 Å². The van der Waals surface area contributed by atoms with Crippen LogP contribution in [0.25, 0.3) is 22.1 Å². The van der Waals surface area contributed by atoms with Crippen LogP contribution in [0.4, 0.5) is 0 Å². The van der Waals surface area contributed by atoms with Gasteiger partial charge in [-0.25, -0.2) is 9.97 Å². The first-order chi connectivity index (χ1) is 13.3. The number of likely N-dealkylation sites (tertiary alicyclic amines) is 1. The molecule has 1 N–H and O–H groups in total. The van der Waals surface area contributed by atoms with E-state index in [9.17, 15) is 4.79 Å². The summed E-state index contributed by atoms with van der Waals surface area (Å²) in [5, 5.41) is 0. The Labute approximate surface area is 156 Å². The van der Waals surface area contributed by atoms with Gasteiger partial charge in [-0.15, -0.1) is 0 Å². The highest BCUT2D eigenvalue weighted by Gasteiger charge is 2.24. The van der Waals surface area contributed by atoms with Gasteiger partial charge in [0.25, 0.3) is 5.91 Å². The SMILES string of the molecule is O=C(c1ccc2nc[nH]c2c1)N1CCC(Cn2cnc3ccccc32)CC1. The minimum absolute atomic E-state index is 0.109. The molecule has 0 bridgehead atoms. The smallest absolute Gasteiger partial charge is 0.253 e. The lowest BCUT2D eigenvalue weighted by atomic mass is 9.96. The molecule has 6 heteroatoms. The number of fused-ring (bicyclic) bond motifs is 2. The molecule has 136 valence electrons. The van der Waals surface area contributed by atoms with Crippen LogP contribution in [0.2, 0.25) is 0 Å². The lowest BCUT2D eigenvalue weighted by Crippen LogP contribution is -2.39. The second-order valence-corrected chi connectivity index (χ2v) is 7.26. The molecule has 2 aromatic heterocycles. The van der Waals surface area contributed by atoms with Gasteiger partial charge in [0, 0.05) is 25.2 Å². The van der Waals surface area contributed by atoms with Gasteiger partial charge in [0.05, 0.1) is 34.7 Å². The van der Waals surface area contributed by atoms with Crippen molar-refractivity contribution < 1.29 is 4.79 Å². The fourth-order valence-electron chi connectivity index (χ4n) is 4.00. The molecule has 3 heterocycles. The van der Waals surface area contributed by atoms with E-state index >= 15 is 0 Å². The van der Waals surface area contributed by atoms with Gasteiger partial charge in [0.2, 0.25) is 0 Å². The number of imidazole rings is 2. The third-order valence-corrected chi connectivity index (χ3v) is 5.55. The monoisotopic (exact) mass is 359 g/mol. The van der Waals surface area contributed by atoms with Crippen molar-refractivity contribution in [2.45, 2.75) is 19.4 Å². The number of piperidine rings is 1. The molecule has 1 aliphatic heterocycles. The lowest BCUT2D eigenvalue weighted by Gasteiger charge is -2.32. The van der Waals surface area contributed by atoms with Gasteiger partial charge in [-0.3, -0.25) is 4.79 Å². The van der Waals surface area contributed by atoms with Crippen LogP contribution >= 0.6 is 0 Å². The molecular weight excluding hydrogens is 338 g/mol. The standard InChI is InChI=1S/C21H21N5O/c27-21(16-5-6-17-19(11-16)23-13-22-17)25-9-7-15(8-10-25)12-26-14-24-18-3-1-2-4-20(18)26/h1-6,11,13-15H,7-10,12H2,(H,22,23). The van der Waals surface area contributed by atoms with Gasteiger partial charge in [0.1, 0.15) is 0 Å². The Morgan fingerprint density at radius 2 is 1.93 bits per heavy atom. The number of aromatic amines is 1. The van der Waals surface area contributed by atoms with Gasteiger partial charge in [-0.1, -0.05) is 12.1 Å². The average Bonchev–Trinajstić information content (AvgIpc) is 3.35. The third kappa shape index (κ3) is 2.97. The minimum Gasteiger partial charge on any atom is -0.345 e. The Balaban J connectivity index is 1.25. The molecule has 27 heavy (non-hydrogen) atoms. The van der Waals surface area contributed by atoms with E-state index in [1.807, 2.05) is 41.6 Å². The molecule has 6 nitrogen and oxygen atoms in total. The van der Waals surface area contributed by atoms with Crippen LogP contribution in [-0.2, 0) is 6.54 Å². The summed E-state index contributed by atoms with van der Waals surface area (Å²) in [7, 11) is 0. The fraction of sp³-hybridized carbons (Fsp3) is 0.286. The summed E-state index contributed by atoms with van der Waals surface area (Å²) in [6, 6.07) is 13.9. The fourth-order valence-corrected chi connectivity index (χ4v) is 4.00. The number of amides is 1. The number of carbonyl (C=O) groups excluding carboxylic acids is 1. The van der Waals surface area contributed by atoms with Gasteiger partial charge in [-0.2, -0.15) is 0 Å². The molecule has 1 saturated heterocycles. The normalized spacial score (nSPS) is 15.6. The number of benzene rings is 2. The van der Waals surface area contributed by atoms with Crippen LogP contribution in [0.3, 0.4) is 0 Å². The van der Waals surface area contributed by atoms with Crippen molar-refractivity contribution in [3.63, 3.8) is 0 Å². The molecule has 0 aliphatic carbocycles. The summed E-state index contributed by atoms with van der Waals surface area (Å²) >= 11 is 0. The van der Waals surface area contributed by atoms with E-state index in [-0.39, 0.29) is 5.91 Å². The summed E-state index contributed by atoms with van der Waals surface area (Å²) in [4.78, 5) is 26.6. The number of aromatic nitrogens is 4. The van der Waals surface area contributed by atoms with E-state index in [4.69, 9.17) is 0 Å². The Kier molecular flexibility index (Phi) is 3.89. The first kappa shape index (κ1) is 16.1. The second kappa shape index (κ2) is 6.54. The average molecular weight is 359 g/mol. The molecule has 4 aromatic rings. The summed E-state index contributed by atoms with van der Waals surface area (Å²) in [5.74, 6) is 0.680. The van der Waals surface area contributed by atoms with Crippen LogP contribution in [-0.4, -0.2) is 43.4 Å². The quantitative estimate of drug-likeness (QED) is 0.609. The van der Waals surface area contributed by atoms with Gasteiger partial charge in [-0.05, 0) is 49.1 Å². The largest absolute Gasteiger partial charge is 0.345 e. The number of nitrogens with one attached hydrogen (secondary N) is 1. The highest BCUT2D eigenvalue weighted by molar-refractivity contribution is 5.97. The zero-order valence-corrected chi connectivity index (χ0v) is 15.0. The maximum absolute atomic E-state index is 12.8. The van der Waals surface area contributed by atoms with Crippen molar-refractivity contribution in [3.05, 3.63) is 60.7 Å². The van der Waals surface area contributed by atoms with Crippen LogP contribution < -0.4 is 0 Å². The predicted molar refractivity (Wildman–Crippen MR) is 104 cm³/mol. The molecule has 0 saturated carbocycles. The number of hydrogen-bond acceptors (Lipinski definition) is 3. The van der Waals surface area contributed by atoms with Crippen molar-refractivity contribution in [1.29, 1.82) is 0 Å². The second-order valence-electron chi connectivity index (χ2n) is 7.26. The van der Waals surface area contributed by atoms with Crippen molar-refractivity contribution in [2.75, 3.05) is 13.1 Å². The first-order valence-corrected chi connectivity index (χ1v) is 9.40. The Morgan fingerprint density at radius 3 is 2.81 bits per heavy atom. The number of rotatable bonds is 3. The van der Waals surface area contributed by atoms with E-state index < -0.39 is 0 Å². The van der Waals surface area contributed by atoms with Crippen molar-refractivity contribution in [1.82, 2.24) is 24.4 Å². The zero-order chi connectivity index (χ0) is 18.2. The highest BCUT2D eigenvalue weighted by Crippen LogP contribution is 2.23. The minimum atomic E-state index is 0.109. The molecule has 0 radical (unpaired) electrons. The lowest BCUT2D eigenvalue weighted by molar-refractivity contribution is 0.0683. The number of carbonyl (C=O) groups is 1. The maximum Gasteiger partial charge on any atom is 0.253 e. The van der Waals surface area contributed by atoms with E-state index in [0.717, 1.165) is 54.6 Å². The highest BCUT2D eigenvalue weighted by atomic mass is 16.2. The number of H-pyrrole nitrogens is 1. The number of nitrogens with zero attached hydrogens (tertiary/aromatic N) is 4. The Hall–Kier alpha value is -3.15. The molecule has 1 fully saturated rings. The zero-order valence-electron chi connectivity index (χ0n) is 15.0. The molecular formula is C21H21N5O. The van der Waals surface area contributed by atoms with Crippen molar-refractivity contribution in [3.8, 4) is 0 Å². The van der Waals surface area contributed by atoms with E-state index in [1.54, 1.807) is 6.33 Å². The van der Waals surface area contributed by atoms with Crippen LogP contribution in [0.15, 0.2) is 55.1 Å². The molecule has 1 amide bonds. The van der Waals surface area contributed by atoms with E-state index in [0.29, 0.717) is 5.92 Å². The summed E-state index contributed by atoms with van der Waals surface area (Å²) in [6.45, 7) is 2.57. The Morgan fingerprint density at radius 1 is 1.07 bits per heavy atom. The topological polar surface area (TPSA) is 66.8 Å². The van der Waals surface area contributed by atoms with Gasteiger partial charge >= 0.3 is 0 Å². The molecule has 1 aliphatic rings. The Bertz CT molecular complexity index is 1100. The van der Waals surface area contributed by atoms with Crippen molar-refractivity contribution >= 4 is 28.0 Å². The van der Waals surface area contributed by atoms with Crippen LogP contribution in [0, 0.1) is 5.92 Å². The molecule has 0 atom stereocenters. The molecule has 5 rings (SSSR count). The van der Waals surface area contributed by atoms with Gasteiger partial charge in [0.15, 0.2) is 0 Å². The van der Waals surface area contributed by atoms with E-state index in [2.05, 4.69) is 31.7 Å². The summed E-state index contributed by atoms with van der Waals surface area (Å²) < 4.78 is 2.24. The van der Waals surface area contributed by atoms with Gasteiger partial charge < -0.3 is 14.5 Å².